The number of halogens is 2. The Labute approximate surface area is 119 Å². The van der Waals surface area contributed by atoms with E-state index >= 15 is 0 Å². The maximum absolute atomic E-state index is 11.9. The Morgan fingerprint density at radius 2 is 2.18 bits per heavy atom. The van der Waals surface area contributed by atoms with Gasteiger partial charge in [-0.25, -0.2) is 0 Å². The van der Waals surface area contributed by atoms with E-state index in [4.69, 9.17) is 0 Å². The number of carbonyl (C=O) groups is 1. The molecule has 0 fully saturated rings. The molecule has 1 atom stereocenters. The summed E-state index contributed by atoms with van der Waals surface area (Å²) in [6.07, 6.45) is 2.18. The molecule has 1 amide bonds. The number of amides is 1. The number of aryl methyl sites for hydroxylation is 1. The number of alkyl halides is 1. The SMILES string of the molecule is CCCC(Br)CNC(=O)c1ccc(Br)cc1C. The van der Waals surface area contributed by atoms with Crippen molar-refractivity contribution in [2.45, 2.75) is 31.5 Å². The lowest BCUT2D eigenvalue weighted by Gasteiger charge is -2.11. The van der Waals surface area contributed by atoms with Gasteiger partial charge in [0.25, 0.3) is 5.91 Å². The van der Waals surface area contributed by atoms with Crippen molar-refractivity contribution in [3.63, 3.8) is 0 Å². The second-order valence-corrected chi connectivity index (χ2v) is 6.27. The third-order valence-electron chi connectivity index (χ3n) is 2.52. The molecule has 0 aromatic heterocycles. The molecule has 2 nitrogen and oxygen atoms in total. The van der Waals surface area contributed by atoms with Crippen molar-refractivity contribution in [3.8, 4) is 0 Å². The van der Waals surface area contributed by atoms with E-state index in [1.165, 1.54) is 0 Å². The maximum Gasteiger partial charge on any atom is 0.251 e. The van der Waals surface area contributed by atoms with Gasteiger partial charge in [0.15, 0.2) is 0 Å². The quantitative estimate of drug-likeness (QED) is 0.786. The van der Waals surface area contributed by atoms with E-state index in [1.807, 2.05) is 25.1 Å². The zero-order valence-electron chi connectivity index (χ0n) is 10.1. The normalized spacial score (nSPS) is 12.2. The first-order valence-corrected chi connectivity index (χ1v) is 7.44. The Hall–Kier alpha value is -0.350. The third kappa shape index (κ3) is 4.80. The van der Waals surface area contributed by atoms with Gasteiger partial charge in [0.2, 0.25) is 0 Å². The molecule has 0 saturated heterocycles. The van der Waals surface area contributed by atoms with Crippen LogP contribution in [0.3, 0.4) is 0 Å². The van der Waals surface area contributed by atoms with Crippen LogP contribution in [-0.2, 0) is 0 Å². The Morgan fingerprint density at radius 3 is 2.76 bits per heavy atom. The molecule has 0 aliphatic heterocycles. The number of carbonyl (C=O) groups excluding carboxylic acids is 1. The standard InChI is InChI=1S/C13H17Br2NO/c1-3-4-11(15)8-16-13(17)12-6-5-10(14)7-9(12)2/h5-7,11H,3-4,8H2,1-2H3,(H,16,17). The lowest BCUT2D eigenvalue weighted by molar-refractivity contribution is 0.0953. The summed E-state index contributed by atoms with van der Waals surface area (Å²) in [5, 5.41) is 2.94. The first kappa shape index (κ1) is 14.7. The molecule has 1 aromatic rings. The second-order valence-electron chi connectivity index (χ2n) is 4.06. The lowest BCUT2D eigenvalue weighted by Crippen LogP contribution is -2.29. The molecule has 17 heavy (non-hydrogen) atoms. The molecular formula is C13H17Br2NO. The van der Waals surface area contributed by atoms with Crippen LogP contribution in [0.4, 0.5) is 0 Å². The molecule has 1 N–H and O–H groups in total. The van der Waals surface area contributed by atoms with Crippen LogP contribution >= 0.6 is 31.9 Å². The summed E-state index contributed by atoms with van der Waals surface area (Å²) >= 11 is 6.94. The summed E-state index contributed by atoms with van der Waals surface area (Å²) in [6.45, 7) is 4.74. The Balaban J connectivity index is 2.58. The highest BCUT2D eigenvalue weighted by Crippen LogP contribution is 2.16. The van der Waals surface area contributed by atoms with Gasteiger partial charge < -0.3 is 5.32 Å². The molecule has 4 heteroatoms. The summed E-state index contributed by atoms with van der Waals surface area (Å²) < 4.78 is 0.996. The van der Waals surface area contributed by atoms with Crippen LogP contribution in [0.25, 0.3) is 0 Å². The van der Waals surface area contributed by atoms with E-state index in [9.17, 15) is 4.79 Å². The number of hydrogen-bond acceptors (Lipinski definition) is 1. The van der Waals surface area contributed by atoms with Crippen LogP contribution in [0.1, 0.15) is 35.7 Å². The Morgan fingerprint density at radius 1 is 1.47 bits per heavy atom. The Kier molecular flexibility index (Phi) is 6.20. The molecule has 0 aliphatic rings. The average molecular weight is 363 g/mol. The predicted octanol–water partition coefficient (Wildman–Crippen LogP) is 4.05. The minimum absolute atomic E-state index is 0.00412. The summed E-state index contributed by atoms with van der Waals surface area (Å²) in [7, 11) is 0. The molecule has 1 aromatic carbocycles. The fraction of sp³-hybridized carbons (Fsp3) is 0.462. The number of benzene rings is 1. The van der Waals surface area contributed by atoms with E-state index in [0.717, 1.165) is 28.4 Å². The van der Waals surface area contributed by atoms with Crippen molar-refractivity contribution in [3.05, 3.63) is 33.8 Å². The third-order valence-corrected chi connectivity index (χ3v) is 3.79. The van der Waals surface area contributed by atoms with Crippen LogP contribution in [0, 0.1) is 6.92 Å². The first-order valence-electron chi connectivity index (χ1n) is 5.73. The molecule has 0 radical (unpaired) electrons. The van der Waals surface area contributed by atoms with Crippen LogP contribution in [-0.4, -0.2) is 17.3 Å². The van der Waals surface area contributed by atoms with E-state index in [-0.39, 0.29) is 5.91 Å². The van der Waals surface area contributed by atoms with Crippen LogP contribution in [0.15, 0.2) is 22.7 Å². The van der Waals surface area contributed by atoms with Gasteiger partial charge in [0.05, 0.1) is 0 Å². The summed E-state index contributed by atoms with van der Waals surface area (Å²) in [4.78, 5) is 12.3. The number of rotatable bonds is 5. The first-order chi connectivity index (χ1) is 8.04. The van der Waals surface area contributed by atoms with Crippen molar-refractivity contribution < 1.29 is 4.79 Å². The van der Waals surface area contributed by atoms with Crippen molar-refractivity contribution in [2.24, 2.45) is 0 Å². The van der Waals surface area contributed by atoms with Gasteiger partial charge in [-0.05, 0) is 37.1 Å². The fourth-order valence-electron chi connectivity index (χ4n) is 1.60. The molecule has 0 heterocycles. The number of nitrogens with one attached hydrogen (secondary N) is 1. The zero-order chi connectivity index (χ0) is 12.8. The van der Waals surface area contributed by atoms with Crippen molar-refractivity contribution in [1.29, 1.82) is 0 Å². The lowest BCUT2D eigenvalue weighted by atomic mass is 10.1. The summed E-state index contributed by atoms with van der Waals surface area (Å²) in [6, 6.07) is 5.68. The van der Waals surface area contributed by atoms with Crippen LogP contribution < -0.4 is 5.32 Å². The minimum Gasteiger partial charge on any atom is -0.351 e. The van der Waals surface area contributed by atoms with Crippen molar-refractivity contribution >= 4 is 37.8 Å². The van der Waals surface area contributed by atoms with Gasteiger partial charge in [-0.3, -0.25) is 4.79 Å². The van der Waals surface area contributed by atoms with Gasteiger partial charge in [0.1, 0.15) is 0 Å². The molecule has 0 aliphatic carbocycles. The largest absolute Gasteiger partial charge is 0.351 e. The predicted molar refractivity (Wildman–Crippen MR) is 78.8 cm³/mol. The van der Waals surface area contributed by atoms with Gasteiger partial charge >= 0.3 is 0 Å². The zero-order valence-corrected chi connectivity index (χ0v) is 13.3. The minimum atomic E-state index is -0.00412. The molecule has 0 spiro atoms. The topological polar surface area (TPSA) is 29.1 Å². The highest BCUT2D eigenvalue weighted by Gasteiger charge is 2.10. The summed E-state index contributed by atoms with van der Waals surface area (Å²) in [5.41, 5.74) is 1.72. The molecular weight excluding hydrogens is 346 g/mol. The molecule has 0 saturated carbocycles. The van der Waals surface area contributed by atoms with Crippen LogP contribution in [0.2, 0.25) is 0 Å². The van der Waals surface area contributed by atoms with E-state index in [0.29, 0.717) is 11.4 Å². The van der Waals surface area contributed by atoms with E-state index < -0.39 is 0 Å². The number of hydrogen-bond donors (Lipinski definition) is 1. The fourth-order valence-corrected chi connectivity index (χ4v) is 2.69. The second kappa shape index (κ2) is 7.17. The Bertz CT molecular complexity index is 393. The highest BCUT2D eigenvalue weighted by atomic mass is 79.9. The monoisotopic (exact) mass is 361 g/mol. The molecule has 0 bridgehead atoms. The van der Waals surface area contributed by atoms with Crippen molar-refractivity contribution in [2.75, 3.05) is 6.54 Å². The summed E-state index contributed by atoms with van der Waals surface area (Å²) in [5.74, 6) is -0.00412. The van der Waals surface area contributed by atoms with Gasteiger partial charge in [0, 0.05) is 21.4 Å². The van der Waals surface area contributed by atoms with Crippen molar-refractivity contribution in [1.82, 2.24) is 5.32 Å². The highest BCUT2D eigenvalue weighted by molar-refractivity contribution is 9.10. The maximum atomic E-state index is 11.9. The van der Waals surface area contributed by atoms with Crippen LogP contribution in [0.5, 0.6) is 0 Å². The molecule has 1 unspecified atom stereocenters. The molecule has 1 rings (SSSR count). The van der Waals surface area contributed by atoms with Gasteiger partial charge in [-0.1, -0.05) is 45.2 Å². The molecule has 94 valence electrons. The average Bonchev–Trinajstić information content (AvgIpc) is 2.26. The smallest absolute Gasteiger partial charge is 0.251 e. The van der Waals surface area contributed by atoms with E-state index in [2.05, 4.69) is 44.1 Å². The van der Waals surface area contributed by atoms with Gasteiger partial charge in [-0.15, -0.1) is 0 Å². The van der Waals surface area contributed by atoms with Gasteiger partial charge in [-0.2, -0.15) is 0 Å². The van der Waals surface area contributed by atoms with E-state index in [1.54, 1.807) is 0 Å².